The van der Waals surface area contributed by atoms with E-state index in [9.17, 15) is 14.4 Å². The molecule has 4 rings (SSSR count). The van der Waals surface area contributed by atoms with Gasteiger partial charge in [-0.15, -0.1) is 0 Å². The molecule has 0 unspecified atom stereocenters. The summed E-state index contributed by atoms with van der Waals surface area (Å²) >= 11 is 3.43. The molecule has 1 aliphatic heterocycles. The Balaban J connectivity index is 1.83. The van der Waals surface area contributed by atoms with Crippen molar-refractivity contribution in [3.05, 3.63) is 75.8 Å². The zero-order valence-electron chi connectivity index (χ0n) is 14.7. The van der Waals surface area contributed by atoms with Crippen molar-refractivity contribution in [1.82, 2.24) is 4.90 Å². The molecule has 0 atom stereocenters. The van der Waals surface area contributed by atoms with Gasteiger partial charge in [0.05, 0.1) is 11.3 Å². The zero-order valence-corrected chi connectivity index (χ0v) is 16.3. The van der Waals surface area contributed by atoms with Crippen LogP contribution in [-0.4, -0.2) is 36.7 Å². The van der Waals surface area contributed by atoms with Gasteiger partial charge in [-0.2, -0.15) is 0 Å². The monoisotopic (exact) mass is 422 g/mol. The predicted octanol–water partition coefficient (Wildman–Crippen LogP) is 4.10. The lowest BCUT2D eigenvalue weighted by Crippen LogP contribution is -2.40. The Labute approximate surface area is 164 Å². The van der Waals surface area contributed by atoms with E-state index in [4.69, 9.17) is 0 Å². The van der Waals surface area contributed by atoms with Crippen molar-refractivity contribution in [2.45, 2.75) is 0 Å². The Morgan fingerprint density at radius 3 is 2.26 bits per heavy atom. The van der Waals surface area contributed by atoms with Gasteiger partial charge in [-0.25, -0.2) is 4.90 Å². The van der Waals surface area contributed by atoms with Gasteiger partial charge in [0.25, 0.3) is 17.7 Å². The van der Waals surface area contributed by atoms with E-state index in [1.165, 1.54) is 4.90 Å². The molecule has 0 N–H and O–H groups in total. The minimum atomic E-state index is -0.378. The first-order chi connectivity index (χ1) is 12.9. The number of amides is 3. The zero-order chi connectivity index (χ0) is 19.3. The molecular formula is C21H15BrN2O3. The SMILES string of the molecule is CN(C)C(=O)c1ccc(N2C(=O)c3cccc4cc(Br)cc(c34)C2=O)cc1. The highest BCUT2D eigenvalue weighted by Gasteiger charge is 2.34. The van der Waals surface area contributed by atoms with Crippen LogP contribution >= 0.6 is 15.9 Å². The second-order valence-corrected chi connectivity index (χ2v) is 7.46. The second kappa shape index (κ2) is 6.32. The van der Waals surface area contributed by atoms with Gasteiger partial charge in [-0.1, -0.05) is 28.1 Å². The number of carbonyl (C=O) groups is 3. The molecule has 0 fully saturated rings. The fourth-order valence-corrected chi connectivity index (χ4v) is 3.79. The van der Waals surface area contributed by atoms with Crippen molar-refractivity contribution in [3.63, 3.8) is 0 Å². The van der Waals surface area contributed by atoms with Crippen LogP contribution in [0.2, 0.25) is 0 Å². The molecule has 27 heavy (non-hydrogen) atoms. The van der Waals surface area contributed by atoms with Gasteiger partial charge in [-0.05, 0) is 47.9 Å². The number of nitrogens with zero attached hydrogens (tertiary/aromatic N) is 2. The van der Waals surface area contributed by atoms with Crippen LogP contribution in [0, 0.1) is 0 Å². The second-order valence-electron chi connectivity index (χ2n) is 6.55. The number of anilines is 1. The van der Waals surface area contributed by atoms with E-state index < -0.39 is 0 Å². The van der Waals surface area contributed by atoms with E-state index in [0.29, 0.717) is 27.8 Å². The summed E-state index contributed by atoms with van der Waals surface area (Å²) in [6.07, 6.45) is 0. The fraction of sp³-hybridized carbons (Fsp3) is 0.0952. The fourth-order valence-electron chi connectivity index (χ4n) is 3.32. The van der Waals surface area contributed by atoms with E-state index in [0.717, 1.165) is 14.8 Å². The summed E-state index contributed by atoms with van der Waals surface area (Å²) < 4.78 is 0.775. The molecule has 0 spiro atoms. The molecule has 1 heterocycles. The number of hydrogen-bond donors (Lipinski definition) is 0. The summed E-state index contributed by atoms with van der Waals surface area (Å²) in [7, 11) is 3.34. The molecule has 0 aromatic heterocycles. The molecule has 6 heteroatoms. The molecule has 3 aromatic rings. The summed E-state index contributed by atoms with van der Waals surface area (Å²) in [6, 6.07) is 15.5. The van der Waals surface area contributed by atoms with Gasteiger partial charge < -0.3 is 4.90 Å². The van der Waals surface area contributed by atoms with E-state index in [-0.39, 0.29) is 17.7 Å². The Morgan fingerprint density at radius 1 is 0.926 bits per heavy atom. The highest BCUT2D eigenvalue weighted by molar-refractivity contribution is 9.10. The summed E-state index contributed by atoms with van der Waals surface area (Å²) in [5, 5.41) is 1.51. The summed E-state index contributed by atoms with van der Waals surface area (Å²) in [5.74, 6) is -0.888. The topological polar surface area (TPSA) is 57.7 Å². The first-order valence-electron chi connectivity index (χ1n) is 8.31. The van der Waals surface area contributed by atoms with E-state index in [1.807, 2.05) is 12.1 Å². The predicted molar refractivity (Wildman–Crippen MR) is 107 cm³/mol. The molecule has 3 aromatic carbocycles. The minimum absolute atomic E-state index is 0.142. The first kappa shape index (κ1) is 17.4. The minimum Gasteiger partial charge on any atom is -0.345 e. The van der Waals surface area contributed by atoms with Crippen LogP contribution in [0.25, 0.3) is 10.8 Å². The number of hydrogen-bond acceptors (Lipinski definition) is 3. The number of carbonyl (C=O) groups excluding carboxylic acids is 3. The van der Waals surface area contributed by atoms with Crippen LogP contribution in [0.4, 0.5) is 5.69 Å². The van der Waals surface area contributed by atoms with Gasteiger partial charge in [-0.3, -0.25) is 14.4 Å². The molecule has 0 aliphatic carbocycles. The third-order valence-electron chi connectivity index (χ3n) is 4.59. The number of rotatable bonds is 2. The molecule has 134 valence electrons. The Bertz CT molecular complexity index is 1120. The normalized spacial score (nSPS) is 13.2. The molecule has 0 saturated carbocycles. The quantitative estimate of drug-likeness (QED) is 0.584. The van der Waals surface area contributed by atoms with Crippen molar-refractivity contribution in [2.24, 2.45) is 0 Å². The Kier molecular flexibility index (Phi) is 4.08. The van der Waals surface area contributed by atoms with E-state index >= 15 is 0 Å². The third-order valence-corrected chi connectivity index (χ3v) is 5.05. The molecule has 3 amide bonds. The maximum absolute atomic E-state index is 13.1. The van der Waals surface area contributed by atoms with Crippen molar-refractivity contribution in [2.75, 3.05) is 19.0 Å². The lowest BCUT2D eigenvalue weighted by molar-refractivity contribution is 0.0826. The van der Waals surface area contributed by atoms with Gasteiger partial charge >= 0.3 is 0 Å². The molecule has 0 radical (unpaired) electrons. The summed E-state index contributed by atoms with van der Waals surface area (Å²) in [4.78, 5) is 40.8. The largest absolute Gasteiger partial charge is 0.345 e. The molecule has 5 nitrogen and oxygen atoms in total. The van der Waals surface area contributed by atoms with Crippen molar-refractivity contribution >= 4 is 50.1 Å². The van der Waals surface area contributed by atoms with Gasteiger partial charge in [0.1, 0.15) is 0 Å². The van der Waals surface area contributed by atoms with E-state index in [2.05, 4.69) is 15.9 Å². The van der Waals surface area contributed by atoms with Crippen LogP contribution in [-0.2, 0) is 0 Å². The smallest absolute Gasteiger partial charge is 0.266 e. The van der Waals surface area contributed by atoms with Crippen LogP contribution in [0.5, 0.6) is 0 Å². The lowest BCUT2D eigenvalue weighted by Gasteiger charge is -2.27. The van der Waals surface area contributed by atoms with Crippen LogP contribution in [0.15, 0.2) is 59.1 Å². The summed E-state index contributed by atoms with van der Waals surface area (Å²) in [6.45, 7) is 0. The number of halogens is 1. The highest BCUT2D eigenvalue weighted by Crippen LogP contribution is 2.34. The van der Waals surface area contributed by atoms with Crippen LogP contribution < -0.4 is 4.90 Å². The van der Waals surface area contributed by atoms with Crippen LogP contribution in [0.3, 0.4) is 0 Å². The van der Waals surface area contributed by atoms with Crippen molar-refractivity contribution in [1.29, 1.82) is 0 Å². The Morgan fingerprint density at radius 2 is 1.59 bits per heavy atom. The molecule has 0 saturated heterocycles. The van der Waals surface area contributed by atoms with Gasteiger partial charge in [0, 0.05) is 35.1 Å². The van der Waals surface area contributed by atoms with Gasteiger partial charge in [0.2, 0.25) is 0 Å². The maximum atomic E-state index is 13.1. The molecule has 1 aliphatic rings. The van der Waals surface area contributed by atoms with Crippen LogP contribution in [0.1, 0.15) is 31.1 Å². The summed E-state index contributed by atoms with van der Waals surface area (Å²) in [5.41, 5.74) is 1.89. The van der Waals surface area contributed by atoms with Crippen molar-refractivity contribution < 1.29 is 14.4 Å². The Hall–Kier alpha value is -2.99. The first-order valence-corrected chi connectivity index (χ1v) is 9.10. The number of imide groups is 1. The maximum Gasteiger partial charge on any atom is 0.266 e. The van der Waals surface area contributed by atoms with Crippen molar-refractivity contribution in [3.8, 4) is 0 Å². The highest BCUT2D eigenvalue weighted by atomic mass is 79.9. The average molecular weight is 423 g/mol. The number of benzene rings is 3. The third kappa shape index (κ3) is 2.73. The standard InChI is InChI=1S/C21H15BrN2O3/c1-23(2)19(25)12-6-8-15(9-7-12)24-20(26)16-5-3-4-13-10-14(22)11-17(18(13)16)21(24)27/h3-11H,1-2H3. The van der Waals surface area contributed by atoms with Gasteiger partial charge in [0.15, 0.2) is 0 Å². The van der Waals surface area contributed by atoms with E-state index in [1.54, 1.807) is 56.6 Å². The lowest BCUT2D eigenvalue weighted by atomic mass is 9.93. The molecule has 0 bridgehead atoms. The molecular weight excluding hydrogens is 408 g/mol. The average Bonchev–Trinajstić information content (AvgIpc) is 2.65.